The minimum atomic E-state index is -1.04. The predicted molar refractivity (Wildman–Crippen MR) is 65.7 cm³/mol. The molecule has 0 atom stereocenters. The minimum Gasteiger partial charge on any atom is -0.466 e. The molecular formula is C14H13F2NO2. The van der Waals surface area contributed by atoms with Crippen molar-refractivity contribution in [1.29, 1.82) is 0 Å². The van der Waals surface area contributed by atoms with E-state index in [-0.39, 0.29) is 12.1 Å². The zero-order valence-corrected chi connectivity index (χ0v) is 10.6. The normalized spacial score (nSPS) is 10.5. The highest BCUT2D eigenvalue weighted by Gasteiger charge is 2.11. The first-order chi connectivity index (χ1) is 8.97. The number of amides is 1. The van der Waals surface area contributed by atoms with Crippen LogP contribution in [0.2, 0.25) is 0 Å². The fourth-order valence-corrected chi connectivity index (χ4v) is 1.77. The lowest BCUT2D eigenvalue weighted by atomic mass is 10.2. The molecular weight excluding hydrogens is 252 g/mol. The van der Waals surface area contributed by atoms with E-state index in [1.54, 1.807) is 6.92 Å². The smallest absolute Gasteiger partial charge is 0.251 e. The number of benzene rings is 1. The molecule has 2 rings (SSSR count). The maximum Gasteiger partial charge on any atom is 0.251 e. The van der Waals surface area contributed by atoms with Crippen LogP contribution < -0.4 is 5.32 Å². The summed E-state index contributed by atoms with van der Waals surface area (Å²) in [5, 5.41) is 2.63. The number of furan rings is 1. The van der Waals surface area contributed by atoms with E-state index in [1.807, 2.05) is 13.0 Å². The van der Waals surface area contributed by atoms with E-state index in [9.17, 15) is 13.6 Å². The second-order valence-corrected chi connectivity index (χ2v) is 4.25. The van der Waals surface area contributed by atoms with Gasteiger partial charge >= 0.3 is 0 Å². The first-order valence-electron chi connectivity index (χ1n) is 5.76. The largest absolute Gasteiger partial charge is 0.466 e. The number of carbonyl (C=O) groups excluding carboxylic acids is 1. The molecule has 0 fully saturated rings. The standard InChI is InChI=1S/C14H13F2NO2/c1-8-5-11(9(2)19-8)7-17-14(18)10-3-4-12(15)13(16)6-10/h3-6H,7H2,1-2H3,(H,17,18). The van der Waals surface area contributed by atoms with E-state index in [0.29, 0.717) is 0 Å². The summed E-state index contributed by atoms with van der Waals surface area (Å²) in [7, 11) is 0. The summed E-state index contributed by atoms with van der Waals surface area (Å²) in [5.74, 6) is -0.990. The zero-order valence-electron chi connectivity index (χ0n) is 10.6. The molecule has 19 heavy (non-hydrogen) atoms. The summed E-state index contributed by atoms with van der Waals surface area (Å²) in [6.07, 6.45) is 0. The third-order valence-corrected chi connectivity index (χ3v) is 2.76. The lowest BCUT2D eigenvalue weighted by molar-refractivity contribution is 0.0950. The predicted octanol–water partition coefficient (Wildman–Crippen LogP) is 3.10. The summed E-state index contributed by atoms with van der Waals surface area (Å²) < 4.78 is 31.1. The number of nitrogens with one attached hydrogen (secondary N) is 1. The molecule has 0 saturated heterocycles. The molecule has 0 aliphatic heterocycles. The van der Waals surface area contributed by atoms with Crippen molar-refractivity contribution >= 4 is 5.91 Å². The van der Waals surface area contributed by atoms with Crippen LogP contribution >= 0.6 is 0 Å². The Hall–Kier alpha value is -2.17. The minimum absolute atomic E-state index is 0.0803. The fourth-order valence-electron chi connectivity index (χ4n) is 1.77. The summed E-state index contributed by atoms with van der Waals surface area (Å²) >= 11 is 0. The van der Waals surface area contributed by atoms with Gasteiger partial charge in [-0.3, -0.25) is 4.79 Å². The molecule has 0 radical (unpaired) electrons. The van der Waals surface area contributed by atoms with Gasteiger partial charge in [0.15, 0.2) is 11.6 Å². The second kappa shape index (κ2) is 5.22. The van der Waals surface area contributed by atoms with E-state index in [0.717, 1.165) is 29.2 Å². The van der Waals surface area contributed by atoms with Crippen LogP contribution in [0, 0.1) is 25.5 Å². The molecule has 0 unspecified atom stereocenters. The molecule has 100 valence electrons. The Morgan fingerprint density at radius 1 is 1.21 bits per heavy atom. The highest BCUT2D eigenvalue weighted by molar-refractivity contribution is 5.94. The summed E-state index contributed by atoms with van der Waals surface area (Å²) in [6, 6.07) is 4.86. The topological polar surface area (TPSA) is 42.2 Å². The van der Waals surface area contributed by atoms with Gasteiger partial charge in [0, 0.05) is 17.7 Å². The van der Waals surface area contributed by atoms with Gasteiger partial charge in [-0.15, -0.1) is 0 Å². The molecule has 0 spiro atoms. The van der Waals surface area contributed by atoms with Gasteiger partial charge < -0.3 is 9.73 Å². The molecule has 0 bridgehead atoms. The number of rotatable bonds is 3. The van der Waals surface area contributed by atoms with Crippen molar-refractivity contribution in [1.82, 2.24) is 5.32 Å². The quantitative estimate of drug-likeness (QED) is 0.926. The van der Waals surface area contributed by atoms with Crippen LogP contribution in [0.5, 0.6) is 0 Å². The Bertz CT molecular complexity index is 620. The van der Waals surface area contributed by atoms with E-state index in [4.69, 9.17) is 4.42 Å². The summed E-state index contributed by atoms with van der Waals surface area (Å²) in [5.41, 5.74) is 0.935. The molecule has 2 aromatic rings. The van der Waals surface area contributed by atoms with Crippen LogP contribution in [-0.4, -0.2) is 5.91 Å². The maximum atomic E-state index is 13.0. The fraction of sp³-hybridized carbons (Fsp3) is 0.214. The van der Waals surface area contributed by atoms with Crippen molar-refractivity contribution in [3.8, 4) is 0 Å². The van der Waals surface area contributed by atoms with Gasteiger partial charge in [-0.2, -0.15) is 0 Å². The highest BCUT2D eigenvalue weighted by atomic mass is 19.2. The molecule has 0 aliphatic rings. The molecule has 1 N–H and O–H groups in total. The van der Waals surface area contributed by atoms with Crippen LogP contribution in [0.3, 0.4) is 0 Å². The molecule has 5 heteroatoms. The van der Waals surface area contributed by atoms with Gasteiger partial charge in [-0.1, -0.05) is 0 Å². The molecule has 1 amide bonds. The van der Waals surface area contributed by atoms with E-state index >= 15 is 0 Å². The second-order valence-electron chi connectivity index (χ2n) is 4.25. The van der Waals surface area contributed by atoms with Crippen molar-refractivity contribution in [3.63, 3.8) is 0 Å². The van der Waals surface area contributed by atoms with Gasteiger partial charge in [0.25, 0.3) is 5.91 Å². The lowest BCUT2D eigenvalue weighted by Crippen LogP contribution is -2.23. The van der Waals surface area contributed by atoms with Gasteiger partial charge in [0.2, 0.25) is 0 Å². The van der Waals surface area contributed by atoms with Gasteiger partial charge in [0.1, 0.15) is 11.5 Å². The third-order valence-electron chi connectivity index (χ3n) is 2.76. The van der Waals surface area contributed by atoms with Crippen LogP contribution in [0.1, 0.15) is 27.4 Å². The number of aryl methyl sites for hydroxylation is 2. The summed E-state index contributed by atoms with van der Waals surface area (Å²) in [6.45, 7) is 3.89. The molecule has 3 nitrogen and oxygen atoms in total. The molecule has 0 aliphatic carbocycles. The van der Waals surface area contributed by atoms with Crippen LogP contribution in [-0.2, 0) is 6.54 Å². The van der Waals surface area contributed by atoms with Crippen LogP contribution in [0.4, 0.5) is 8.78 Å². The Labute approximate surface area is 109 Å². The van der Waals surface area contributed by atoms with Gasteiger partial charge in [-0.25, -0.2) is 8.78 Å². The average Bonchev–Trinajstić information content (AvgIpc) is 2.68. The van der Waals surface area contributed by atoms with Crippen molar-refractivity contribution < 1.29 is 18.0 Å². The average molecular weight is 265 g/mol. The number of carbonyl (C=O) groups is 1. The first-order valence-corrected chi connectivity index (χ1v) is 5.76. The van der Waals surface area contributed by atoms with Gasteiger partial charge in [-0.05, 0) is 38.1 Å². The SMILES string of the molecule is Cc1cc(CNC(=O)c2ccc(F)c(F)c2)c(C)o1. The maximum absolute atomic E-state index is 13.0. The van der Waals surface area contributed by atoms with Crippen LogP contribution in [0.15, 0.2) is 28.7 Å². The van der Waals surface area contributed by atoms with E-state index < -0.39 is 17.5 Å². The van der Waals surface area contributed by atoms with Crippen LogP contribution in [0.25, 0.3) is 0 Å². The Morgan fingerprint density at radius 3 is 2.53 bits per heavy atom. The Balaban J connectivity index is 2.05. The van der Waals surface area contributed by atoms with Crippen molar-refractivity contribution in [2.24, 2.45) is 0 Å². The first kappa shape index (κ1) is 13.3. The number of hydrogen-bond donors (Lipinski definition) is 1. The third kappa shape index (κ3) is 2.99. The molecule has 1 aromatic heterocycles. The zero-order chi connectivity index (χ0) is 14.0. The van der Waals surface area contributed by atoms with Crippen molar-refractivity contribution in [2.75, 3.05) is 0 Å². The highest BCUT2D eigenvalue weighted by Crippen LogP contribution is 2.14. The summed E-state index contributed by atoms with van der Waals surface area (Å²) in [4.78, 5) is 11.8. The molecule has 1 heterocycles. The lowest BCUT2D eigenvalue weighted by Gasteiger charge is -2.04. The molecule has 0 saturated carbocycles. The monoisotopic (exact) mass is 265 g/mol. The Kier molecular flexibility index (Phi) is 3.64. The number of halogens is 2. The van der Waals surface area contributed by atoms with Gasteiger partial charge in [0.05, 0.1) is 0 Å². The van der Waals surface area contributed by atoms with Crippen molar-refractivity contribution in [2.45, 2.75) is 20.4 Å². The van der Waals surface area contributed by atoms with E-state index in [2.05, 4.69) is 5.32 Å². The number of hydrogen-bond acceptors (Lipinski definition) is 2. The molecule has 1 aromatic carbocycles. The van der Waals surface area contributed by atoms with E-state index in [1.165, 1.54) is 6.07 Å². The Morgan fingerprint density at radius 2 is 1.95 bits per heavy atom. The van der Waals surface area contributed by atoms with Crippen molar-refractivity contribution in [3.05, 3.63) is 58.5 Å².